The third-order valence-electron chi connectivity index (χ3n) is 4.16. The Bertz CT molecular complexity index is 540. The zero-order valence-electron chi connectivity index (χ0n) is 15.3. The number of morpholine rings is 1. The summed E-state index contributed by atoms with van der Waals surface area (Å²) in [7, 11) is 1.77. The van der Waals surface area contributed by atoms with E-state index in [1.165, 1.54) is 0 Å². The number of esters is 1. The van der Waals surface area contributed by atoms with Crippen molar-refractivity contribution >= 4 is 54.0 Å². The number of aromatic nitrogens is 1. The van der Waals surface area contributed by atoms with Crippen molar-refractivity contribution < 1.29 is 14.3 Å². The fourth-order valence-electron chi connectivity index (χ4n) is 2.74. The maximum Gasteiger partial charge on any atom is 0.323 e. The summed E-state index contributed by atoms with van der Waals surface area (Å²) in [5, 5.41) is 3.59. The van der Waals surface area contributed by atoms with Crippen molar-refractivity contribution in [3.8, 4) is 0 Å². The number of likely N-dealkylation sites (N-methyl/N-ethyl adjacent to an activating group) is 1. The Kier molecular flexibility index (Phi) is 14.4. The van der Waals surface area contributed by atoms with Gasteiger partial charge < -0.3 is 14.8 Å². The van der Waals surface area contributed by atoms with Gasteiger partial charge in [-0.2, -0.15) is 0 Å². The van der Waals surface area contributed by atoms with Gasteiger partial charge in [0, 0.05) is 13.1 Å². The number of hydrogen-bond donors (Lipinski definition) is 1. The first-order valence-electron chi connectivity index (χ1n) is 8.54. The van der Waals surface area contributed by atoms with E-state index in [0.29, 0.717) is 0 Å². The molecule has 0 spiro atoms. The fraction of sp³-hybridized carbons (Fsp3) is 0.647. The maximum atomic E-state index is 12.2. The molecule has 1 saturated heterocycles. The summed E-state index contributed by atoms with van der Waals surface area (Å²) >= 11 is 11.7. The van der Waals surface area contributed by atoms with Gasteiger partial charge in [-0.1, -0.05) is 29.6 Å². The van der Waals surface area contributed by atoms with E-state index >= 15 is 0 Å². The number of nitrogens with one attached hydrogen (secondary N) is 1. The number of carbonyl (C=O) groups excluding carboxylic acids is 1. The number of halogens is 4. The third kappa shape index (κ3) is 10.1. The van der Waals surface area contributed by atoms with Crippen LogP contribution in [0.2, 0.25) is 10.3 Å². The number of ether oxygens (including phenoxy) is 2. The minimum absolute atomic E-state index is 0. The van der Waals surface area contributed by atoms with Gasteiger partial charge in [0.05, 0.1) is 13.2 Å². The van der Waals surface area contributed by atoms with Gasteiger partial charge in [0.25, 0.3) is 0 Å². The lowest BCUT2D eigenvalue weighted by Crippen LogP contribution is -2.37. The molecule has 1 N–H and O–H groups in total. The van der Waals surface area contributed by atoms with Crippen LogP contribution in [0.15, 0.2) is 12.1 Å². The molecular formula is C17H27Cl4N3O3. The van der Waals surface area contributed by atoms with Gasteiger partial charge >= 0.3 is 5.97 Å². The van der Waals surface area contributed by atoms with Gasteiger partial charge in [-0.05, 0) is 44.1 Å². The molecule has 1 atom stereocenters. The zero-order chi connectivity index (χ0) is 18.1. The van der Waals surface area contributed by atoms with Crippen molar-refractivity contribution in [3.63, 3.8) is 0 Å². The van der Waals surface area contributed by atoms with E-state index in [1.54, 1.807) is 19.2 Å². The fourth-order valence-corrected chi connectivity index (χ4v) is 3.25. The highest BCUT2D eigenvalue weighted by molar-refractivity contribution is 6.32. The van der Waals surface area contributed by atoms with Crippen LogP contribution in [0.4, 0.5) is 0 Å². The smallest absolute Gasteiger partial charge is 0.323 e. The Hall–Kier alpha value is -0.340. The Morgan fingerprint density at radius 3 is 2.48 bits per heavy atom. The molecule has 1 aromatic rings. The van der Waals surface area contributed by atoms with Crippen molar-refractivity contribution in [1.82, 2.24) is 15.2 Å². The van der Waals surface area contributed by atoms with Crippen LogP contribution in [0.3, 0.4) is 0 Å². The highest BCUT2D eigenvalue weighted by atomic mass is 35.5. The average molecular weight is 463 g/mol. The van der Waals surface area contributed by atoms with Crippen LogP contribution in [-0.2, 0) is 20.9 Å². The molecule has 0 aromatic carbocycles. The van der Waals surface area contributed by atoms with Crippen molar-refractivity contribution in [1.29, 1.82) is 0 Å². The van der Waals surface area contributed by atoms with Gasteiger partial charge in [0.1, 0.15) is 23.0 Å². The summed E-state index contributed by atoms with van der Waals surface area (Å²) < 4.78 is 10.7. The molecular weight excluding hydrogens is 436 g/mol. The topological polar surface area (TPSA) is 63.7 Å². The van der Waals surface area contributed by atoms with E-state index in [0.717, 1.165) is 57.7 Å². The van der Waals surface area contributed by atoms with Crippen molar-refractivity contribution in [3.05, 3.63) is 28.0 Å². The standard InChI is InChI=1S/C17H25Cl2N3O3.2ClH/c1-20-14(4-2-3-5-22-6-8-24-9-7-22)17(23)25-12-13-10-15(18)21-16(19)11-13;;/h10-11,14,20H,2-9,12H2,1H3;2*1H/t14-;;/m0../s1. The summed E-state index contributed by atoms with van der Waals surface area (Å²) in [6, 6.07) is 2.96. The summed E-state index contributed by atoms with van der Waals surface area (Å²) in [6.45, 7) is 4.79. The van der Waals surface area contributed by atoms with E-state index in [9.17, 15) is 4.79 Å². The van der Waals surface area contributed by atoms with E-state index < -0.39 is 0 Å². The first kappa shape index (κ1) is 26.7. The molecule has 6 nitrogen and oxygen atoms in total. The van der Waals surface area contributed by atoms with E-state index in [-0.39, 0.29) is 53.7 Å². The largest absolute Gasteiger partial charge is 0.460 e. The summed E-state index contributed by atoms with van der Waals surface area (Å²) in [5.74, 6) is -0.266. The van der Waals surface area contributed by atoms with Crippen LogP contribution in [0.1, 0.15) is 24.8 Å². The number of pyridine rings is 1. The van der Waals surface area contributed by atoms with Gasteiger partial charge in [0.15, 0.2) is 0 Å². The van der Waals surface area contributed by atoms with E-state index in [4.69, 9.17) is 32.7 Å². The van der Waals surface area contributed by atoms with Gasteiger partial charge in [-0.25, -0.2) is 4.98 Å². The monoisotopic (exact) mass is 461 g/mol. The number of hydrogen-bond acceptors (Lipinski definition) is 6. The van der Waals surface area contributed by atoms with Crippen molar-refractivity contribution in [2.75, 3.05) is 39.9 Å². The second-order valence-electron chi connectivity index (χ2n) is 6.02. The molecule has 1 fully saturated rings. The van der Waals surface area contributed by atoms with Crippen molar-refractivity contribution in [2.45, 2.75) is 31.9 Å². The third-order valence-corrected chi connectivity index (χ3v) is 4.54. The number of unbranched alkanes of at least 4 members (excludes halogenated alkanes) is 1. The molecule has 1 aliphatic rings. The second-order valence-corrected chi connectivity index (χ2v) is 6.79. The summed E-state index contributed by atoms with van der Waals surface area (Å²) in [5.41, 5.74) is 0.723. The number of carbonyl (C=O) groups is 1. The molecule has 0 radical (unpaired) electrons. The molecule has 156 valence electrons. The predicted molar refractivity (Wildman–Crippen MR) is 113 cm³/mol. The minimum Gasteiger partial charge on any atom is -0.460 e. The maximum absolute atomic E-state index is 12.2. The van der Waals surface area contributed by atoms with Gasteiger partial charge in [-0.3, -0.25) is 9.69 Å². The quantitative estimate of drug-likeness (QED) is 0.345. The lowest BCUT2D eigenvalue weighted by molar-refractivity contribution is -0.147. The molecule has 1 aliphatic heterocycles. The molecule has 27 heavy (non-hydrogen) atoms. The number of rotatable bonds is 9. The van der Waals surface area contributed by atoms with Crippen LogP contribution in [-0.4, -0.2) is 61.8 Å². The SMILES string of the molecule is CN[C@@H](CCCCN1CCOCC1)C(=O)OCc1cc(Cl)nc(Cl)c1.Cl.Cl. The minimum atomic E-state index is -0.308. The predicted octanol–water partition coefficient (Wildman–Crippen LogP) is 3.37. The summed E-state index contributed by atoms with van der Waals surface area (Å²) in [6.07, 6.45) is 2.77. The highest BCUT2D eigenvalue weighted by Crippen LogP contribution is 2.16. The Morgan fingerprint density at radius 1 is 1.26 bits per heavy atom. The molecule has 1 aromatic heterocycles. The zero-order valence-corrected chi connectivity index (χ0v) is 18.4. The van der Waals surface area contributed by atoms with Crippen LogP contribution >= 0.6 is 48.0 Å². The molecule has 0 aliphatic carbocycles. The van der Waals surface area contributed by atoms with Crippen LogP contribution in [0, 0.1) is 0 Å². The van der Waals surface area contributed by atoms with E-state index in [1.807, 2.05) is 0 Å². The highest BCUT2D eigenvalue weighted by Gasteiger charge is 2.18. The molecule has 0 bridgehead atoms. The van der Waals surface area contributed by atoms with Crippen LogP contribution in [0.5, 0.6) is 0 Å². The van der Waals surface area contributed by atoms with Gasteiger partial charge in [-0.15, -0.1) is 24.8 Å². The normalized spacial score (nSPS) is 15.4. The van der Waals surface area contributed by atoms with Crippen LogP contribution in [0.25, 0.3) is 0 Å². The number of nitrogens with zero attached hydrogens (tertiary/aromatic N) is 2. The average Bonchev–Trinajstić information content (AvgIpc) is 2.60. The van der Waals surface area contributed by atoms with Crippen LogP contribution < -0.4 is 5.32 Å². The molecule has 10 heteroatoms. The molecule has 0 saturated carbocycles. The summed E-state index contributed by atoms with van der Waals surface area (Å²) in [4.78, 5) is 18.5. The Morgan fingerprint density at radius 2 is 1.89 bits per heavy atom. The Labute approximate surface area is 183 Å². The molecule has 0 amide bonds. The van der Waals surface area contributed by atoms with Crippen molar-refractivity contribution in [2.24, 2.45) is 0 Å². The van der Waals surface area contributed by atoms with Gasteiger partial charge in [0.2, 0.25) is 0 Å². The first-order chi connectivity index (χ1) is 12.1. The lowest BCUT2D eigenvalue weighted by atomic mass is 10.1. The molecule has 2 rings (SSSR count). The second kappa shape index (κ2) is 14.6. The molecule has 2 heterocycles. The lowest BCUT2D eigenvalue weighted by Gasteiger charge is -2.26. The van der Waals surface area contributed by atoms with E-state index in [2.05, 4.69) is 15.2 Å². The Balaban J connectivity index is 0.00000338. The molecule has 0 unspecified atom stereocenters. The first-order valence-corrected chi connectivity index (χ1v) is 9.30.